The standard InChI is InChI=1S/C11H18N2O6/c1-4-19-11(18)6(2)12-10(17)8(5-9(15)16)13-7(3)14/h6,8H,4-5H2,1-3H3,(H,12,17)(H,13,14)(H,15,16)/t6-,8+/m0/s1. The minimum Gasteiger partial charge on any atom is -0.481 e. The number of rotatable bonds is 7. The Bertz CT molecular complexity index is 352. The van der Waals surface area contributed by atoms with Crippen molar-refractivity contribution in [2.24, 2.45) is 0 Å². The second-order valence-corrected chi connectivity index (χ2v) is 3.83. The van der Waals surface area contributed by atoms with Crippen molar-refractivity contribution in [2.75, 3.05) is 6.61 Å². The molecule has 0 aromatic carbocycles. The van der Waals surface area contributed by atoms with E-state index in [0.29, 0.717) is 0 Å². The van der Waals surface area contributed by atoms with E-state index in [0.717, 1.165) is 6.92 Å². The molecule has 0 aliphatic carbocycles. The van der Waals surface area contributed by atoms with Crippen LogP contribution < -0.4 is 10.6 Å². The van der Waals surface area contributed by atoms with E-state index in [9.17, 15) is 19.2 Å². The van der Waals surface area contributed by atoms with Crippen LogP contribution >= 0.6 is 0 Å². The van der Waals surface area contributed by atoms with E-state index in [1.165, 1.54) is 6.92 Å². The van der Waals surface area contributed by atoms with Gasteiger partial charge in [0.25, 0.3) is 0 Å². The number of carbonyl (C=O) groups excluding carboxylic acids is 3. The topological polar surface area (TPSA) is 122 Å². The van der Waals surface area contributed by atoms with Crippen molar-refractivity contribution in [2.45, 2.75) is 39.3 Å². The summed E-state index contributed by atoms with van der Waals surface area (Å²) in [6.07, 6.45) is -0.568. The Kier molecular flexibility index (Phi) is 7.16. The molecule has 0 saturated heterocycles. The molecule has 0 radical (unpaired) electrons. The highest BCUT2D eigenvalue weighted by molar-refractivity contribution is 5.92. The van der Waals surface area contributed by atoms with Crippen molar-refractivity contribution >= 4 is 23.8 Å². The average Bonchev–Trinajstić information content (AvgIpc) is 2.26. The minimum atomic E-state index is -1.24. The zero-order chi connectivity index (χ0) is 15.0. The summed E-state index contributed by atoms with van der Waals surface area (Å²) in [6, 6.07) is -2.15. The maximum absolute atomic E-state index is 11.7. The molecule has 0 bridgehead atoms. The average molecular weight is 274 g/mol. The highest BCUT2D eigenvalue weighted by Gasteiger charge is 2.26. The molecule has 0 heterocycles. The number of hydrogen-bond donors (Lipinski definition) is 3. The first-order chi connectivity index (χ1) is 8.77. The van der Waals surface area contributed by atoms with Crippen molar-refractivity contribution in [3.63, 3.8) is 0 Å². The molecule has 0 saturated carbocycles. The molecular weight excluding hydrogens is 256 g/mol. The smallest absolute Gasteiger partial charge is 0.328 e. The van der Waals surface area contributed by atoms with Crippen LogP contribution in [0.2, 0.25) is 0 Å². The molecule has 0 spiro atoms. The van der Waals surface area contributed by atoms with Crippen molar-refractivity contribution < 1.29 is 29.0 Å². The predicted molar refractivity (Wildman–Crippen MR) is 64.1 cm³/mol. The molecule has 108 valence electrons. The SMILES string of the molecule is CCOC(=O)[C@H](C)NC(=O)[C@@H](CC(=O)O)NC(C)=O. The van der Waals surface area contributed by atoms with Gasteiger partial charge in [-0.2, -0.15) is 0 Å². The Balaban J connectivity index is 4.58. The maximum Gasteiger partial charge on any atom is 0.328 e. The van der Waals surface area contributed by atoms with Gasteiger partial charge in [-0.3, -0.25) is 14.4 Å². The molecule has 19 heavy (non-hydrogen) atoms. The summed E-state index contributed by atoms with van der Waals surface area (Å²) in [6.45, 7) is 4.36. The second-order valence-electron chi connectivity index (χ2n) is 3.83. The summed E-state index contributed by atoms with van der Waals surface area (Å²) in [5, 5.41) is 13.1. The molecule has 3 N–H and O–H groups in total. The van der Waals surface area contributed by atoms with Gasteiger partial charge in [-0.1, -0.05) is 0 Å². The lowest BCUT2D eigenvalue weighted by atomic mass is 10.1. The fraction of sp³-hybridized carbons (Fsp3) is 0.636. The molecule has 0 unspecified atom stereocenters. The second kappa shape index (κ2) is 8.06. The fourth-order valence-electron chi connectivity index (χ4n) is 1.27. The number of ether oxygens (including phenoxy) is 1. The van der Waals surface area contributed by atoms with Crippen LogP contribution in [-0.4, -0.2) is 47.6 Å². The minimum absolute atomic E-state index is 0.170. The van der Waals surface area contributed by atoms with Crippen LogP contribution in [0, 0.1) is 0 Å². The van der Waals surface area contributed by atoms with Crippen LogP contribution in [0.3, 0.4) is 0 Å². The summed E-state index contributed by atoms with van der Waals surface area (Å²) < 4.78 is 4.69. The van der Waals surface area contributed by atoms with E-state index in [1.54, 1.807) is 6.92 Å². The van der Waals surface area contributed by atoms with Gasteiger partial charge < -0.3 is 20.5 Å². The van der Waals surface area contributed by atoms with E-state index in [-0.39, 0.29) is 6.61 Å². The Hall–Kier alpha value is -2.12. The number of hydrogen-bond acceptors (Lipinski definition) is 5. The maximum atomic E-state index is 11.7. The van der Waals surface area contributed by atoms with E-state index >= 15 is 0 Å². The Morgan fingerprint density at radius 2 is 1.79 bits per heavy atom. The first kappa shape index (κ1) is 16.9. The fourth-order valence-corrected chi connectivity index (χ4v) is 1.27. The number of carboxylic acid groups (broad SMARTS) is 1. The number of carbonyl (C=O) groups is 4. The Morgan fingerprint density at radius 1 is 1.21 bits per heavy atom. The first-order valence-corrected chi connectivity index (χ1v) is 5.73. The third kappa shape index (κ3) is 7.02. The molecular formula is C11H18N2O6. The van der Waals surface area contributed by atoms with Crippen LogP contribution in [-0.2, 0) is 23.9 Å². The van der Waals surface area contributed by atoms with Crippen LogP contribution in [0.15, 0.2) is 0 Å². The number of esters is 1. The van der Waals surface area contributed by atoms with Crippen LogP contribution in [0.4, 0.5) is 0 Å². The zero-order valence-electron chi connectivity index (χ0n) is 11.1. The van der Waals surface area contributed by atoms with Gasteiger partial charge in [-0.15, -0.1) is 0 Å². The third-order valence-electron chi connectivity index (χ3n) is 2.07. The lowest BCUT2D eigenvalue weighted by Crippen LogP contribution is -2.51. The van der Waals surface area contributed by atoms with Gasteiger partial charge in [0, 0.05) is 6.92 Å². The number of amides is 2. The number of aliphatic carboxylic acids is 1. The molecule has 0 fully saturated rings. The molecule has 8 nitrogen and oxygen atoms in total. The normalized spacial score (nSPS) is 13.0. The van der Waals surface area contributed by atoms with Crippen molar-refractivity contribution in [3.8, 4) is 0 Å². The van der Waals surface area contributed by atoms with E-state index in [2.05, 4.69) is 15.4 Å². The highest BCUT2D eigenvalue weighted by Crippen LogP contribution is 1.96. The summed E-state index contributed by atoms with van der Waals surface area (Å²) in [4.78, 5) is 44.5. The third-order valence-corrected chi connectivity index (χ3v) is 2.07. The van der Waals surface area contributed by atoms with Gasteiger partial charge in [0.15, 0.2) is 0 Å². The van der Waals surface area contributed by atoms with E-state index < -0.39 is 42.3 Å². The molecule has 2 atom stereocenters. The highest BCUT2D eigenvalue weighted by atomic mass is 16.5. The van der Waals surface area contributed by atoms with E-state index in [4.69, 9.17) is 5.11 Å². The van der Waals surface area contributed by atoms with Gasteiger partial charge in [0.05, 0.1) is 13.0 Å². The largest absolute Gasteiger partial charge is 0.481 e. The van der Waals surface area contributed by atoms with Crippen molar-refractivity contribution in [3.05, 3.63) is 0 Å². The number of nitrogens with one attached hydrogen (secondary N) is 2. The lowest BCUT2D eigenvalue weighted by molar-refractivity contribution is -0.147. The van der Waals surface area contributed by atoms with Crippen LogP contribution in [0.5, 0.6) is 0 Å². The van der Waals surface area contributed by atoms with Gasteiger partial charge in [-0.05, 0) is 13.8 Å². The van der Waals surface area contributed by atoms with Crippen molar-refractivity contribution in [1.82, 2.24) is 10.6 Å². The van der Waals surface area contributed by atoms with Crippen LogP contribution in [0.1, 0.15) is 27.2 Å². The molecule has 2 amide bonds. The van der Waals surface area contributed by atoms with Crippen molar-refractivity contribution in [1.29, 1.82) is 0 Å². The lowest BCUT2D eigenvalue weighted by Gasteiger charge is -2.18. The first-order valence-electron chi connectivity index (χ1n) is 5.73. The van der Waals surface area contributed by atoms with Gasteiger partial charge in [0.1, 0.15) is 12.1 Å². The summed E-state index contributed by atoms with van der Waals surface area (Å²) in [5.41, 5.74) is 0. The molecule has 0 aromatic heterocycles. The van der Waals surface area contributed by atoms with Crippen LogP contribution in [0.25, 0.3) is 0 Å². The quantitative estimate of drug-likeness (QED) is 0.514. The molecule has 0 aliphatic rings. The van der Waals surface area contributed by atoms with Gasteiger partial charge in [-0.25, -0.2) is 4.79 Å². The summed E-state index contributed by atoms with van der Waals surface area (Å²) >= 11 is 0. The number of carboxylic acids is 1. The summed E-state index contributed by atoms with van der Waals surface area (Å²) in [7, 11) is 0. The molecule has 0 aliphatic heterocycles. The Labute approximate surface area is 110 Å². The Morgan fingerprint density at radius 3 is 2.21 bits per heavy atom. The van der Waals surface area contributed by atoms with Gasteiger partial charge >= 0.3 is 11.9 Å². The predicted octanol–water partition coefficient (Wildman–Crippen LogP) is -0.966. The van der Waals surface area contributed by atoms with E-state index in [1.807, 2.05) is 0 Å². The molecule has 0 aromatic rings. The zero-order valence-corrected chi connectivity index (χ0v) is 11.1. The summed E-state index contributed by atoms with van der Waals surface area (Å²) in [5.74, 6) is -3.16. The molecule has 8 heteroatoms. The molecule has 0 rings (SSSR count). The monoisotopic (exact) mass is 274 g/mol. The van der Waals surface area contributed by atoms with Gasteiger partial charge in [0.2, 0.25) is 11.8 Å².